The van der Waals surface area contributed by atoms with E-state index in [1.807, 2.05) is 0 Å². The first-order chi connectivity index (χ1) is 7.66. The first kappa shape index (κ1) is 10.2. The summed E-state index contributed by atoms with van der Waals surface area (Å²) in [5, 5.41) is 3.85. The second-order valence-corrected chi connectivity index (χ2v) is 3.24. The van der Waals surface area contributed by atoms with Gasteiger partial charge in [0.2, 0.25) is 5.95 Å². The van der Waals surface area contributed by atoms with Crippen molar-refractivity contribution in [1.82, 2.24) is 25.4 Å². The lowest BCUT2D eigenvalue weighted by atomic mass is 10.4. The van der Waals surface area contributed by atoms with Crippen LogP contribution >= 0.6 is 12.2 Å². The van der Waals surface area contributed by atoms with Crippen molar-refractivity contribution in [3.8, 4) is 0 Å². The highest BCUT2D eigenvalue weighted by atomic mass is 32.1. The van der Waals surface area contributed by atoms with Crippen molar-refractivity contribution in [1.29, 1.82) is 0 Å². The van der Waals surface area contributed by atoms with Crippen LogP contribution < -0.4 is 16.9 Å². The zero-order chi connectivity index (χ0) is 11.5. The van der Waals surface area contributed by atoms with Gasteiger partial charge in [-0.25, -0.2) is 9.97 Å². The molecule has 8 nitrogen and oxygen atoms in total. The third-order valence-corrected chi connectivity index (χ3v) is 1.78. The average Bonchev–Trinajstić information content (AvgIpc) is 2.64. The number of nitrogens with zero attached hydrogens (tertiary/aromatic N) is 4. The number of anilines is 1. The van der Waals surface area contributed by atoms with Crippen LogP contribution in [0.2, 0.25) is 0 Å². The molecule has 0 saturated carbocycles. The molecule has 0 radical (unpaired) electrons. The molecule has 2 aromatic heterocycles. The van der Waals surface area contributed by atoms with E-state index in [4.69, 9.17) is 11.5 Å². The van der Waals surface area contributed by atoms with Crippen molar-refractivity contribution < 1.29 is 0 Å². The van der Waals surface area contributed by atoms with E-state index in [1.165, 1.54) is 12.5 Å². The number of fused-ring (bicyclic) bond motifs is 1. The van der Waals surface area contributed by atoms with Crippen LogP contribution in [-0.4, -0.2) is 31.3 Å². The lowest BCUT2D eigenvalue weighted by molar-refractivity contribution is 1.04. The molecule has 0 amide bonds. The highest BCUT2D eigenvalue weighted by molar-refractivity contribution is 7.80. The van der Waals surface area contributed by atoms with Crippen LogP contribution in [0.5, 0.6) is 0 Å². The smallest absolute Gasteiger partial charge is 0.222 e. The maximum absolute atomic E-state index is 5.51. The summed E-state index contributed by atoms with van der Waals surface area (Å²) in [5.41, 5.74) is 14.7. The van der Waals surface area contributed by atoms with Gasteiger partial charge in [-0.1, -0.05) is 0 Å². The minimum Gasteiger partial charge on any atom is -0.375 e. The molecule has 0 aliphatic heterocycles. The van der Waals surface area contributed by atoms with Gasteiger partial charge in [0, 0.05) is 0 Å². The number of hydrazone groups is 1. The maximum atomic E-state index is 5.51. The van der Waals surface area contributed by atoms with Gasteiger partial charge in [-0.15, -0.1) is 0 Å². The summed E-state index contributed by atoms with van der Waals surface area (Å²) in [7, 11) is 0. The van der Waals surface area contributed by atoms with Gasteiger partial charge < -0.3 is 16.5 Å². The molecule has 9 heteroatoms. The molecule has 0 saturated heterocycles. The molecule has 0 aliphatic carbocycles. The van der Waals surface area contributed by atoms with Crippen LogP contribution in [0.25, 0.3) is 11.2 Å². The number of nitrogens with one attached hydrogen (secondary N) is 2. The average molecular weight is 236 g/mol. The van der Waals surface area contributed by atoms with E-state index in [0.717, 1.165) is 0 Å². The summed E-state index contributed by atoms with van der Waals surface area (Å²) in [6.45, 7) is 0. The van der Waals surface area contributed by atoms with Crippen molar-refractivity contribution in [2.75, 3.05) is 5.73 Å². The number of aromatic amines is 1. The minimum absolute atomic E-state index is 0.0686. The van der Waals surface area contributed by atoms with Crippen molar-refractivity contribution in [2.45, 2.75) is 0 Å². The van der Waals surface area contributed by atoms with Crippen molar-refractivity contribution >= 4 is 40.7 Å². The second-order valence-electron chi connectivity index (χ2n) is 2.80. The maximum Gasteiger partial charge on any atom is 0.222 e. The molecule has 2 rings (SSSR count). The Morgan fingerprint density at radius 3 is 3.12 bits per heavy atom. The number of nitrogens with two attached hydrogens (primary N) is 2. The lowest BCUT2D eigenvalue weighted by Gasteiger charge is -1.97. The molecule has 0 aromatic carbocycles. The van der Waals surface area contributed by atoms with Crippen molar-refractivity contribution in [2.24, 2.45) is 10.8 Å². The summed E-state index contributed by atoms with van der Waals surface area (Å²) in [6, 6.07) is 0. The van der Waals surface area contributed by atoms with E-state index >= 15 is 0 Å². The Bertz CT molecular complexity index is 559. The number of aromatic nitrogens is 4. The Hall–Kier alpha value is -2.29. The summed E-state index contributed by atoms with van der Waals surface area (Å²) in [4.78, 5) is 14.8. The number of H-pyrrole nitrogens is 1. The first-order valence-corrected chi connectivity index (χ1v) is 4.63. The Kier molecular flexibility index (Phi) is 2.60. The molecular weight excluding hydrogens is 228 g/mol. The van der Waals surface area contributed by atoms with Crippen LogP contribution in [0.3, 0.4) is 0 Å². The predicted octanol–water partition coefficient (Wildman–Crippen LogP) is -0.898. The number of hydrogen-bond acceptors (Lipinski definition) is 6. The van der Waals surface area contributed by atoms with E-state index in [2.05, 4.69) is 42.7 Å². The Labute approximate surface area is 95.2 Å². The third kappa shape index (κ3) is 2.03. The summed E-state index contributed by atoms with van der Waals surface area (Å²) in [5.74, 6) is 0.122. The van der Waals surface area contributed by atoms with E-state index in [1.54, 1.807) is 0 Å². The molecule has 2 aromatic rings. The van der Waals surface area contributed by atoms with Gasteiger partial charge in [0.25, 0.3) is 0 Å². The van der Waals surface area contributed by atoms with Gasteiger partial charge in [-0.2, -0.15) is 10.1 Å². The lowest BCUT2D eigenvalue weighted by Crippen LogP contribution is -2.24. The van der Waals surface area contributed by atoms with Crippen molar-refractivity contribution in [3.05, 3.63) is 12.0 Å². The van der Waals surface area contributed by atoms with Gasteiger partial charge in [0.15, 0.2) is 10.8 Å². The molecular formula is C7H8N8S. The molecule has 0 aliphatic rings. The molecule has 0 bridgehead atoms. The molecule has 0 atom stereocenters. The van der Waals surface area contributed by atoms with Gasteiger partial charge in [-0.05, 0) is 12.2 Å². The number of thiocarbonyl (C=S) groups is 1. The normalized spacial score (nSPS) is 11.0. The fourth-order valence-corrected chi connectivity index (χ4v) is 1.18. The highest BCUT2D eigenvalue weighted by Crippen LogP contribution is 2.09. The zero-order valence-electron chi connectivity index (χ0n) is 8.01. The minimum atomic E-state index is 0.0686. The van der Waals surface area contributed by atoms with Crippen molar-refractivity contribution in [3.63, 3.8) is 0 Å². The Morgan fingerprint density at radius 2 is 2.38 bits per heavy atom. The van der Waals surface area contributed by atoms with E-state index in [-0.39, 0.29) is 11.1 Å². The topological polar surface area (TPSA) is 131 Å². The van der Waals surface area contributed by atoms with Gasteiger partial charge in [0.1, 0.15) is 11.2 Å². The third-order valence-electron chi connectivity index (χ3n) is 1.69. The van der Waals surface area contributed by atoms with Crippen LogP contribution in [0.4, 0.5) is 5.95 Å². The van der Waals surface area contributed by atoms with E-state index in [0.29, 0.717) is 16.9 Å². The largest absolute Gasteiger partial charge is 0.375 e. The molecule has 0 spiro atoms. The molecule has 0 unspecified atom stereocenters. The summed E-state index contributed by atoms with van der Waals surface area (Å²) >= 11 is 4.59. The van der Waals surface area contributed by atoms with Crippen LogP contribution in [0, 0.1) is 0 Å². The monoisotopic (exact) mass is 236 g/mol. The molecule has 0 fully saturated rings. The molecule has 82 valence electrons. The Morgan fingerprint density at radius 1 is 1.56 bits per heavy atom. The van der Waals surface area contributed by atoms with Gasteiger partial charge in [0.05, 0.1) is 12.5 Å². The molecule has 2 heterocycles. The van der Waals surface area contributed by atoms with Gasteiger partial charge in [-0.3, -0.25) is 5.43 Å². The Balaban J connectivity index is 2.39. The zero-order valence-corrected chi connectivity index (χ0v) is 8.82. The fourth-order valence-electron chi connectivity index (χ4n) is 1.12. The van der Waals surface area contributed by atoms with E-state index < -0.39 is 0 Å². The summed E-state index contributed by atoms with van der Waals surface area (Å²) < 4.78 is 0. The number of nitrogen functional groups attached to an aromatic ring is 1. The number of imidazole rings is 1. The predicted molar refractivity (Wildman–Crippen MR) is 63.6 cm³/mol. The standard InChI is InChI=1S/C7H8N8S/c8-6-13-3(1-12-15-7(9)16)4-5(14-6)11-2-10-4/h1-2H,(H3,9,15,16)(H3,8,10,11,13,14). The number of rotatable bonds is 2. The second kappa shape index (κ2) is 4.06. The first-order valence-electron chi connectivity index (χ1n) is 4.22. The van der Waals surface area contributed by atoms with E-state index in [9.17, 15) is 0 Å². The quantitative estimate of drug-likeness (QED) is 0.302. The number of hydrogen-bond donors (Lipinski definition) is 4. The fraction of sp³-hybridized carbons (Fsp3) is 0. The SMILES string of the molecule is NC(=S)NN=Cc1nc(N)nc2nc[nH]c12. The molecule has 6 N–H and O–H groups in total. The van der Waals surface area contributed by atoms with Crippen LogP contribution in [0.15, 0.2) is 11.4 Å². The summed E-state index contributed by atoms with van der Waals surface area (Å²) in [6.07, 6.45) is 2.93. The van der Waals surface area contributed by atoms with Crippen LogP contribution in [0.1, 0.15) is 5.69 Å². The van der Waals surface area contributed by atoms with Gasteiger partial charge >= 0.3 is 0 Å². The van der Waals surface area contributed by atoms with Crippen LogP contribution in [-0.2, 0) is 0 Å². The highest BCUT2D eigenvalue weighted by Gasteiger charge is 2.05. The molecule has 16 heavy (non-hydrogen) atoms.